The third-order valence-corrected chi connectivity index (χ3v) is 3.19. The average molecular weight is 260 g/mol. The predicted octanol–water partition coefficient (Wildman–Crippen LogP) is -0.218. The van der Waals surface area contributed by atoms with Crippen LogP contribution >= 0.6 is 0 Å². The number of nitrogens with one attached hydrogen (secondary N) is 1. The highest BCUT2D eigenvalue weighted by Gasteiger charge is 2.30. The molecular formula is C12H12N4O3. The van der Waals surface area contributed by atoms with Gasteiger partial charge in [0, 0.05) is 12.6 Å². The molecule has 7 heteroatoms. The summed E-state index contributed by atoms with van der Waals surface area (Å²) in [4.78, 5) is 35.1. The normalized spacial score (nSPS) is 19.7. The topological polar surface area (TPSA) is 85.5 Å². The van der Waals surface area contributed by atoms with Crippen molar-refractivity contribution in [2.24, 2.45) is 0 Å². The van der Waals surface area contributed by atoms with Crippen LogP contribution in [0.25, 0.3) is 5.65 Å². The van der Waals surface area contributed by atoms with Crippen molar-refractivity contribution >= 4 is 17.5 Å². The zero-order valence-corrected chi connectivity index (χ0v) is 10.3. The van der Waals surface area contributed by atoms with E-state index in [-0.39, 0.29) is 18.0 Å². The Labute approximate surface area is 107 Å². The molecule has 3 rings (SSSR count). The van der Waals surface area contributed by atoms with Crippen LogP contribution in [0.2, 0.25) is 0 Å². The number of amides is 2. The third kappa shape index (κ3) is 1.83. The smallest absolute Gasteiger partial charge is 0.295 e. The van der Waals surface area contributed by atoms with Crippen LogP contribution in [0.3, 0.4) is 0 Å². The number of imide groups is 1. The van der Waals surface area contributed by atoms with E-state index in [0.29, 0.717) is 12.1 Å². The number of hydrogen-bond donors (Lipinski definition) is 1. The van der Waals surface area contributed by atoms with Gasteiger partial charge in [-0.15, -0.1) is 5.10 Å². The SMILES string of the molecule is Cc1ccc2nn(C3CCC(=O)NC3=O)c(=O)n2c1. The van der Waals surface area contributed by atoms with Gasteiger partial charge < -0.3 is 0 Å². The Morgan fingerprint density at radius 3 is 2.84 bits per heavy atom. The first-order valence-corrected chi connectivity index (χ1v) is 5.97. The van der Waals surface area contributed by atoms with E-state index >= 15 is 0 Å². The lowest BCUT2D eigenvalue weighted by Crippen LogP contribution is -2.44. The van der Waals surface area contributed by atoms with Crippen LogP contribution in [0, 0.1) is 6.92 Å². The standard InChI is InChI=1S/C12H12N4O3/c1-7-2-4-9-14-16(12(19)15(9)6-7)8-3-5-10(17)13-11(8)18/h2,4,6,8H,3,5H2,1H3,(H,13,17,18). The molecule has 3 heterocycles. The maximum absolute atomic E-state index is 12.2. The number of fused-ring (bicyclic) bond motifs is 1. The molecule has 0 radical (unpaired) electrons. The molecule has 1 fully saturated rings. The van der Waals surface area contributed by atoms with Crippen LogP contribution in [0.15, 0.2) is 23.1 Å². The summed E-state index contributed by atoms with van der Waals surface area (Å²) in [5.74, 6) is -0.785. The number of carbonyl (C=O) groups excluding carboxylic acids is 2. The molecule has 1 aliphatic rings. The van der Waals surface area contributed by atoms with Crippen molar-refractivity contribution in [1.82, 2.24) is 19.5 Å². The van der Waals surface area contributed by atoms with Gasteiger partial charge in [-0.2, -0.15) is 4.68 Å². The second kappa shape index (κ2) is 4.04. The summed E-state index contributed by atoms with van der Waals surface area (Å²) >= 11 is 0. The molecule has 0 bridgehead atoms. The molecular weight excluding hydrogens is 248 g/mol. The minimum atomic E-state index is -0.717. The number of pyridine rings is 1. The first kappa shape index (κ1) is 11.6. The number of nitrogens with zero attached hydrogens (tertiary/aromatic N) is 3. The summed E-state index contributed by atoms with van der Waals surface area (Å²) in [6.45, 7) is 1.87. The predicted molar refractivity (Wildman–Crippen MR) is 65.6 cm³/mol. The lowest BCUT2D eigenvalue weighted by atomic mass is 10.1. The van der Waals surface area contributed by atoms with E-state index in [0.717, 1.165) is 10.2 Å². The first-order valence-electron chi connectivity index (χ1n) is 5.97. The molecule has 0 saturated carbocycles. The Balaban J connectivity index is 2.11. The molecule has 0 aromatic carbocycles. The van der Waals surface area contributed by atoms with Crippen LogP contribution in [0.5, 0.6) is 0 Å². The molecule has 1 aliphatic heterocycles. The van der Waals surface area contributed by atoms with Crippen LogP contribution in [-0.4, -0.2) is 26.0 Å². The quantitative estimate of drug-likeness (QED) is 0.718. The Kier molecular flexibility index (Phi) is 2.48. The average Bonchev–Trinajstić information content (AvgIpc) is 2.67. The number of piperidine rings is 1. The van der Waals surface area contributed by atoms with E-state index in [4.69, 9.17) is 0 Å². The van der Waals surface area contributed by atoms with Gasteiger partial charge >= 0.3 is 5.69 Å². The number of aryl methyl sites for hydroxylation is 1. The van der Waals surface area contributed by atoms with Gasteiger partial charge in [0.15, 0.2) is 5.65 Å². The lowest BCUT2D eigenvalue weighted by Gasteiger charge is -2.19. The minimum Gasteiger partial charge on any atom is -0.295 e. The van der Waals surface area contributed by atoms with Crippen LogP contribution < -0.4 is 11.0 Å². The molecule has 2 aromatic heterocycles. The van der Waals surface area contributed by atoms with Gasteiger partial charge in [-0.1, -0.05) is 6.07 Å². The summed E-state index contributed by atoms with van der Waals surface area (Å²) in [6, 6.07) is 2.85. The molecule has 7 nitrogen and oxygen atoms in total. The van der Waals surface area contributed by atoms with Gasteiger partial charge in [-0.3, -0.25) is 19.3 Å². The highest BCUT2D eigenvalue weighted by molar-refractivity contribution is 5.99. The summed E-state index contributed by atoms with van der Waals surface area (Å²) in [5.41, 5.74) is 1.05. The Bertz CT molecular complexity index is 743. The second-order valence-corrected chi connectivity index (χ2v) is 4.63. The van der Waals surface area contributed by atoms with Crippen molar-refractivity contribution in [2.45, 2.75) is 25.8 Å². The summed E-state index contributed by atoms with van der Waals surface area (Å²) in [7, 11) is 0. The Morgan fingerprint density at radius 1 is 1.32 bits per heavy atom. The second-order valence-electron chi connectivity index (χ2n) is 4.63. The van der Waals surface area contributed by atoms with Gasteiger partial charge in [0.05, 0.1) is 0 Å². The van der Waals surface area contributed by atoms with Crippen LogP contribution in [0.1, 0.15) is 24.4 Å². The lowest BCUT2D eigenvalue weighted by molar-refractivity contribution is -0.136. The van der Waals surface area contributed by atoms with Gasteiger partial charge in [-0.25, -0.2) is 4.79 Å². The maximum atomic E-state index is 12.2. The zero-order valence-electron chi connectivity index (χ0n) is 10.3. The maximum Gasteiger partial charge on any atom is 0.351 e. The van der Waals surface area contributed by atoms with Crippen molar-refractivity contribution in [2.75, 3.05) is 0 Å². The number of hydrogen-bond acceptors (Lipinski definition) is 4. The van der Waals surface area contributed by atoms with Gasteiger partial charge in [0.1, 0.15) is 6.04 Å². The van der Waals surface area contributed by atoms with E-state index in [1.54, 1.807) is 12.3 Å². The summed E-state index contributed by atoms with van der Waals surface area (Å²) in [5, 5.41) is 6.37. The fraction of sp³-hybridized carbons (Fsp3) is 0.333. The van der Waals surface area contributed by atoms with E-state index in [2.05, 4.69) is 10.4 Å². The third-order valence-electron chi connectivity index (χ3n) is 3.19. The van der Waals surface area contributed by atoms with Gasteiger partial charge in [0.25, 0.3) is 5.91 Å². The molecule has 1 saturated heterocycles. The number of rotatable bonds is 1. The van der Waals surface area contributed by atoms with Crippen molar-refractivity contribution in [1.29, 1.82) is 0 Å². The van der Waals surface area contributed by atoms with Crippen LogP contribution in [-0.2, 0) is 9.59 Å². The molecule has 1 atom stereocenters. The zero-order chi connectivity index (χ0) is 13.6. The first-order chi connectivity index (χ1) is 9.06. The van der Waals surface area contributed by atoms with E-state index in [1.807, 2.05) is 13.0 Å². The van der Waals surface area contributed by atoms with Crippen molar-refractivity contribution in [3.8, 4) is 0 Å². The van der Waals surface area contributed by atoms with E-state index in [9.17, 15) is 14.4 Å². The Morgan fingerprint density at radius 2 is 2.11 bits per heavy atom. The molecule has 2 amide bonds. The summed E-state index contributed by atoms with van der Waals surface area (Å²) < 4.78 is 2.55. The Hall–Kier alpha value is -2.44. The van der Waals surface area contributed by atoms with Crippen LogP contribution in [0.4, 0.5) is 0 Å². The van der Waals surface area contributed by atoms with Gasteiger partial charge in [0.2, 0.25) is 5.91 Å². The van der Waals surface area contributed by atoms with Crippen molar-refractivity contribution in [3.05, 3.63) is 34.4 Å². The fourth-order valence-electron chi connectivity index (χ4n) is 2.22. The highest BCUT2D eigenvalue weighted by Crippen LogP contribution is 2.16. The fourth-order valence-corrected chi connectivity index (χ4v) is 2.22. The molecule has 0 spiro atoms. The molecule has 0 aliphatic carbocycles. The number of carbonyl (C=O) groups is 2. The van der Waals surface area contributed by atoms with Crippen molar-refractivity contribution < 1.29 is 9.59 Å². The summed E-state index contributed by atoms with van der Waals surface area (Å²) in [6.07, 6.45) is 2.19. The number of aromatic nitrogens is 3. The molecule has 98 valence electrons. The monoisotopic (exact) mass is 260 g/mol. The molecule has 19 heavy (non-hydrogen) atoms. The molecule has 1 N–H and O–H groups in total. The van der Waals surface area contributed by atoms with E-state index in [1.165, 1.54) is 4.40 Å². The minimum absolute atomic E-state index is 0.218. The largest absolute Gasteiger partial charge is 0.351 e. The highest BCUT2D eigenvalue weighted by atomic mass is 16.2. The van der Waals surface area contributed by atoms with Gasteiger partial charge in [-0.05, 0) is 25.0 Å². The van der Waals surface area contributed by atoms with E-state index < -0.39 is 11.9 Å². The molecule has 1 unspecified atom stereocenters. The molecule has 2 aromatic rings. The van der Waals surface area contributed by atoms with Crippen molar-refractivity contribution in [3.63, 3.8) is 0 Å².